The van der Waals surface area contributed by atoms with E-state index in [2.05, 4.69) is 11.8 Å². The lowest BCUT2D eigenvalue weighted by atomic mass is 9.98. The average molecular weight is 431 g/mol. The Kier molecular flexibility index (Phi) is 5.46. The van der Waals surface area contributed by atoms with E-state index >= 15 is 0 Å². The van der Waals surface area contributed by atoms with Crippen LogP contribution in [0, 0.1) is 23.6 Å². The first-order chi connectivity index (χ1) is 14.7. The summed E-state index contributed by atoms with van der Waals surface area (Å²) >= 11 is 0. The zero-order valence-corrected chi connectivity index (χ0v) is 16.2. The van der Waals surface area contributed by atoms with Crippen molar-refractivity contribution in [2.75, 3.05) is 26.2 Å². The van der Waals surface area contributed by atoms with Crippen LogP contribution in [-0.4, -0.2) is 42.2 Å². The van der Waals surface area contributed by atoms with Gasteiger partial charge in [-0.05, 0) is 48.0 Å². The summed E-state index contributed by atoms with van der Waals surface area (Å²) in [5.74, 6) is 4.13. The van der Waals surface area contributed by atoms with Crippen molar-refractivity contribution in [2.24, 2.45) is 5.92 Å². The molecule has 0 amide bonds. The molecule has 8 heteroatoms. The highest BCUT2D eigenvalue weighted by molar-refractivity contribution is 5.71. The molecule has 0 spiro atoms. The first-order valence-corrected chi connectivity index (χ1v) is 9.49. The summed E-state index contributed by atoms with van der Waals surface area (Å²) in [7, 11) is 0. The molecule has 0 radical (unpaired) electrons. The van der Waals surface area contributed by atoms with Gasteiger partial charge in [-0.2, -0.15) is 13.2 Å². The van der Waals surface area contributed by atoms with Crippen LogP contribution in [0.1, 0.15) is 22.3 Å². The third-order valence-corrected chi connectivity index (χ3v) is 5.15. The number of halogens is 4. The fourth-order valence-electron chi connectivity index (χ4n) is 3.46. The summed E-state index contributed by atoms with van der Waals surface area (Å²) in [5.41, 5.74) is 1.12. The van der Waals surface area contributed by atoms with Crippen molar-refractivity contribution >= 4 is 12.0 Å². The molecule has 0 unspecified atom stereocenters. The number of fused-ring (bicyclic) bond motifs is 1. The molecule has 31 heavy (non-hydrogen) atoms. The Labute approximate surface area is 175 Å². The largest absolute Gasteiger partial charge is 0.488 e. The number of benzene rings is 2. The van der Waals surface area contributed by atoms with Crippen molar-refractivity contribution in [3.8, 4) is 17.6 Å². The Balaban J connectivity index is 1.47. The molecule has 2 aromatic rings. The van der Waals surface area contributed by atoms with E-state index in [1.54, 1.807) is 12.1 Å². The highest BCUT2D eigenvalue weighted by Crippen LogP contribution is 2.31. The van der Waals surface area contributed by atoms with Crippen molar-refractivity contribution in [1.82, 2.24) is 4.90 Å². The van der Waals surface area contributed by atoms with Gasteiger partial charge in [0.1, 0.15) is 18.2 Å². The Hall–Kier alpha value is -3.31. The number of ether oxygens (including phenoxy) is 1. The summed E-state index contributed by atoms with van der Waals surface area (Å²) in [6.07, 6.45) is -2.71. The quantitative estimate of drug-likeness (QED) is 0.589. The highest BCUT2D eigenvalue weighted by Gasteiger charge is 2.33. The first-order valence-electron chi connectivity index (χ1n) is 9.49. The van der Waals surface area contributed by atoms with E-state index in [0.717, 1.165) is 17.7 Å². The molecule has 0 bridgehead atoms. The van der Waals surface area contributed by atoms with Gasteiger partial charge in [-0.25, -0.2) is 4.39 Å². The molecule has 0 aliphatic carbocycles. The van der Waals surface area contributed by atoms with Crippen LogP contribution >= 0.6 is 0 Å². The van der Waals surface area contributed by atoms with Gasteiger partial charge in [-0.3, -0.25) is 9.69 Å². The zero-order chi connectivity index (χ0) is 22.2. The van der Waals surface area contributed by atoms with E-state index < -0.39 is 23.5 Å². The molecule has 0 atom stereocenters. The highest BCUT2D eigenvalue weighted by atomic mass is 19.4. The minimum atomic E-state index is -4.41. The number of carboxylic acids is 1. The minimum Gasteiger partial charge on any atom is -0.488 e. The van der Waals surface area contributed by atoms with Crippen LogP contribution in [0.15, 0.2) is 42.0 Å². The fraction of sp³-hybridized carbons (Fsp3) is 0.261. The normalized spacial score (nSPS) is 16.3. The average Bonchev–Trinajstić information content (AvgIpc) is 2.68. The second-order valence-electron chi connectivity index (χ2n) is 7.52. The number of likely N-dealkylation sites (tertiary alicyclic amines) is 1. The standard InChI is InChI=1S/C23H17F4NO3/c24-20-8-15(2-1-14-3-5-18(6-4-14)23(25,26)27)9-21-19(20)7-16(13-31-21)10-28-11-17(12-28)22(29)30/h3-9,17H,10-13H2,(H,29,30). The number of rotatable bonds is 3. The molecule has 0 saturated carbocycles. The second kappa shape index (κ2) is 8.08. The summed E-state index contributed by atoms with van der Waals surface area (Å²) in [5, 5.41) is 8.94. The van der Waals surface area contributed by atoms with Crippen LogP contribution in [0.4, 0.5) is 17.6 Å². The molecule has 1 fully saturated rings. The van der Waals surface area contributed by atoms with Crippen molar-refractivity contribution in [1.29, 1.82) is 0 Å². The Bertz CT molecular complexity index is 1100. The summed E-state index contributed by atoms with van der Waals surface area (Å²) in [4.78, 5) is 12.8. The van der Waals surface area contributed by atoms with E-state index in [1.807, 2.05) is 4.90 Å². The third-order valence-electron chi connectivity index (χ3n) is 5.15. The monoisotopic (exact) mass is 431 g/mol. The Morgan fingerprint density at radius 1 is 1.13 bits per heavy atom. The SMILES string of the molecule is O=C(O)C1CN(CC2=Cc3c(F)cc(C#Cc4ccc(C(F)(F)F)cc4)cc3OC2)C1. The molecule has 2 aromatic carbocycles. The summed E-state index contributed by atoms with van der Waals surface area (Å²) < 4.78 is 58.1. The van der Waals surface area contributed by atoms with Crippen LogP contribution in [0.3, 0.4) is 0 Å². The van der Waals surface area contributed by atoms with Crippen LogP contribution in [0.5, 0.6) is 5.75 Å². The Morgan fingerprint density at radius 3 is 2.45 bits per heavy atom. The molecule has 1 N–H and O–H groups in total. The van der Waals surface area contributed by atoms with Crippen LogP contribution in [0.2, 0.25) is 0 Å². The van der Waals surface area contributed by atoms with Gasteiger partial charge in [-0.15, -0.1) is 0 Å². The maximum Gasteiger partial charge on any atom is 0.416 e. The number of aliphatic carboxylic acids is 1. The number of nitrogens with zero attached hydrogens (tertiary/aromatic N) is 1. The predicted octanol–water partition coefficient (Wildman–Crippen LogP) is 4.04. The van der Waals surface area contributed by atoms with E-state index in [9.17, 15) is 22.4 Å². The van der Waals surface area contributed by atoms with Crippen molar-refractivity contribution in [3.63, 3.8) is 0 Å². The van der Waals surface area contributed by atoms with Gasteiger partial charge >= 0.3 is 12.1 Å². The second-order valence-corrected chi connectivity index (χ2v) is 7.52. The van der Waals surface area contributed by atoms with Gasteiger partial charge in [0.2, 0.25) is 0 Å². The number of alkyl halides is 3. The van der Waals surface area contributed by atoms with E-state index in [0.29, 0.717) is 42.1 Å². The van der Waals surface area contributed by atoms with Crippen LogP contribution in [-0.2, 0) is 11.0 Å². The molecule has 0 aromatic heterocycles. The summed E-state index contributed by atoms with van der Waals surface area (Å²) in [6.45, 7) is 1.69. The smallest absolute Gasteiger partial charge is 0.416 e. The van der Waals surface area contributed by atoms with Crippen LogP contribution in [0.25, 0.3) is 6.08 Å². The summed E-state index contributed by atoms with van der Waals surface area (Å²) in [6, 6.07) is 7.27. The topological polar surface area (TPSA) is 49.8 Å². The van der Waals surface area contributed by atoms with E-state index in [1.165, 1.54) is 18.2 Å². The number of hydrogen-bond acceptors (Lipinski definition) is 3. The van der Waals surface area contributed by atoms with Gasteiger partial charge in [-0.1, -0.05) is 11.8 Å². The van der Waals surface area contributed by atoms with Gasteiger partial charge in [0.15, 0.2) is 0 Å². The first kappa shape index (κ1) is 20.9. The lowest BCUT2D eigenvalue weighted by molar-refractivity contribution is -0.147. The fourth-order valence-corrected chi connectivity index (χ4v) is 3.46. The van der Waals surface area contributed by atoms with Gasteiger partial charge in [0, 0.05) is 30.8 Å². The molecule has 4 nitrogen and oxygen atoms in total. The maximum absolute atomic E-state index is 14.6. The zero-order valence-electron chi connectivity index (χ0n) is 16.2. The number of carbonyl (C=O) groups is 1. The third kappa shape index (κ3) is 4.72. The number of hydrogen-bond donors (Lipinski definition) is 1. The van der Waals surface area contributed by atoms with E-state index in [4.69, 9.17) is 9.84 Å². The lowest BCUT2D eigenvalue weighted by Gasteiger charge is -2.37. The minimum absolute atomic E-state index is 0.260. The molecule has 2 aliphatic heterocycles. The molecular weight excluding hydrogens is 414 g/mol. The molecule has 4 rings (SSSR count). The van der Waals surface area contributed by atoms with Crippen molar-refractivity contribution < 1.29 is 32.2 Å². The molecule has 2 heterocycles. The van der Waals surface area contributed by atoms with Crippen molar-refractivity contribution in [3.05, 3.63) is 70.0 Å². The van der Waals surface area contributed by atoms with Gasteiger partial charge in [0.25, 0.3) is 0 Å². The van der Waals surface area contributed by atoms with Crippen molar-refractivity contribution in [2.45, 2.75) is 6.18 Å². The van der Waals surface area contributed by atoms with Gasteiger partial charge in [0.05, 0.1) is 17.0 Å². The Morgan fingerprint density at radius 2 is 1.81 bits per heavy atom. The van der Waals surface area contributed by atoms with E-state index in [-0.39, 0.29) is 12.5 Å². The van der Waals surface area contributed by atoms with Crippen LogP contribution < -0.4 is 4.74 Å². The predicted molar refractivity (Wildman–Crippen MR) is 105 cm³/mol. The van der Waals surface area contributed by atoms with Gasteiger partial charge < -0.3 is 9.84 Å². The molecule has 1 saturated heterocycles. The number of carboxylic acid groups (broad SMARTS) is 1. The molecule has 2 aliphatic rings. The lowest BCUT2D eigenvalue weighted by Crippen LogP contribution is -2.51. The maximum atomic E-state index is 14.6. The molecule has 160 valence electrons. The molecular formula is C23H17F4NO3.